The Balaban J connectivity index is 0.00000185. The van der Waals surface area contributed by atoms with Crippen molar-refractivity contribution < 1.29 is 0 Å². The summed E-state index contributed by atoms with van der Waals surface area (Å²) in [6.07, 6.45) is 0. The quantitative estimate of drug-likeness (QED) is 0.211. The van der Waals surface area contributed by atoms with E-state index in [9.17, 15) is 0 Å². The summed E-state index contributed by atoms with van der Waals surface area (Å²) in [4.78, 5) is 4.73. The van der Waals surface area contributed by atoms with Crippen LogP contribution in [0.5, 0.6) is 0 Å². The third-order valence-corrected chi connectivity index (χ3v) is 8.75. The second kappa shape index (κ2) is 11.1. The van der Waals surface area contributed by atoms with Crippen LogP contribution >= 0.6 is 34.0 Å². The summed E-state index contributed by atoms with van der Waals surface area (Å²) in [6.45, 7) is 19.6. The van der Waals surface area contributed by atoms with Crippen LogP contribution in [0, 0.1) is 0 Å². The summed E-state index contributed by atoms with van der Waals surface area (Å²) in [5.41, 5.74) is 12.5. The van der Waals surface area contributed by atoms with Gasteiger partial charge < -0.3 is 9.80 Å². The van der Waals surface area contributed by atoms with E-state index in [-0.39, 0.29) is 44.8 Å². The lowest BCUT2D eigenvalue weighted by molar-refractivity contribution is 0.633. The molecule has 2 aliphatic rings. The number of halogens is 2. The van der Waals surface area contributed by atoms with Gasteiger partial charge in [0.2, 0.25) is 0 Å². The first-order chi connectivity index (χ1) is 18.2. The molecular weight excluding hydrogens is 620 g/mol. The number of nitrogens with zero attached hydrogens (tertiary/aromatic N) is 2. The first-order valence-electron chi connectivity index (χ1n) is 13.5. The van der Waals surface area contributed by atoms with Crippen molar-refractivity contribution in [2.45, 2.75) is 51.6 Å². The molecule has 40 heavy (non-hydrogen) atoms. The summed E-state index contributed by atoms with van der Waals surface area (Å²) >= 11 is 0. The van der Waals surface area contributed by atoms with Gasteiger partial charge in [0.05, 0.1) is 0 Å². The standard InChI is InChI=1S/C36H36N2.2BrH/c1-25-35(3,4)31-11-7-9-13-33(31)37(25)23-27-15-19-29(20-16-27)30-21-17-28(18-22-30)24-38-26(2)36(5,6)32-12-8-10-14-34(32)38;;/h7-22H,1-2,23-24H2,3-6H3;2*1H. The average molecular weight is 659 g/mol. The van der Waals surface area contributed by atoms with Crippen molar-refractivity contribution >= 4 is 45.3 Å². The molecule has 0 spiro atoms. The highest BCUT2D eigenvalue weighted by atomic mass is 79.9. The normalized spacial score (nSPS) is 16.2. The fraction of sp³-hybridized carbons (Fsp3) is 0.222. The van der Waals surface area contributed by atoms with E-state index in [1.165, 1.54) is 44.8 Å². The lowest BCUT2D eigenvalue weighted by atomic mass is 9.84. The lowest BCUT2D eigenvalue weighted by Gasteiger charge is -2.26. The first kappa shape index (κ1) is 29.9. The Hall–Kier alpha value is -3.08. The summed E-state index contributed by atoms with van der Waals surface area (Å²) in [7, 11) is 0. The monoisotopic (exact) mass is 656 g/mol. The Morgan fingerprint density at radius 2 is 0.825 bits per heavy atom. The van der Waals surface area contributed by atoms with Crippen LogP contribution in [0.2, 0.25) is 0 Å². The van der Waals surface area contributed by atoms with Crippen molar-refractivity contribution in [2.24, 2.45) is 0 Å². The minimum Gasteiger partial charge on any atom is -0.340 e. The Labute approximate surface area is 260 Å². The first-order valence-corrected chi connectivity index (χ1v) is 13.5. The number of hydrogen-bond acceptors (Lipinski definition) is 2. The van der Waals surface area contributed by atoms with Crippen LogP contribution < -0.4 is 9.80 Å². The number of hydrogen-bond donors (Lipinski definition) is 0. The Morgan fingerprint density at radius 1 is 0.500 bits per heavy atom. The second-order valence-corrected chi connectivity index (χ2v) is 11.7. The van der Waals surface area contributed by atoms with Gasteiger partial charge in [-0.15, -0.1) is 34.0 Å². The molecule has 2 nitrogen and oxygen atoms in total. The molecule has 0 amide bonds. The molecule has 0 aliphatic carbocycles. The number of benzene rings is 4. The van der Waals surface area contributed by atoms with Gasteiger partial charge in [-0.3, -0.25) is 0 Å². The van der Waals surface area contributed by atoms with E-state index in [0.717, 1.165) is 24.5 Å². The average Bonchev–Trinajstić information content (AvgIpc) is 3.24. The van der Waals surface area contributed by atoms with E-state index in [4.69, 9.17) is 0 Å². The molecule has 0 bridgehead atoms. The third-order valence-electron chi connectivity index (χ3n) is 8.75. The van der Waals surface area contributed by atoms with Gasteiger partial charge in [-0.2, -0.15) is 0 Å². The molecule has 0 unspecified atom stereocenters. The number of anilines is 2. The van der Waals surface area contributed by atoms with E-state index in [1.807, 2.05) is 0 Å². The molecule has 2 aliphatic heterocycles. The van der Waals surface area contributed by atoms with Crippen LogP contribution in [-0.4, -0.2) is 0 Å². The topological polar surface area (TPSA) is 6.48 Å². The van der Waals surface area contributed by atoms with Crippen molar-refractivity contribution in [1.29, 1.82) is 0 Å². The molecule has 0 atom stereocenters. The summed E-state index contributed by atoms with van der Waals surface area (Å²) < 4.78 is 0. The zero-order chi connectivity index (χ0) is 26.7. The highest BCUT2D eigenvalue weighted by Gasteiger charge is 2.39. The Morgan fingerprint density at radius 3 is 1.18 bits per heavy atom. The van der Waals surface area contributed by atoms with Crippen LogP contribution in [-0.2, 0) is 23.9 Å². The minimum absolute atomic E-state index is 0. The van der Waals surface area contributed by atoms with Gasteiger partial charge in [-0.05, 0) is 45.5 Å². The van der Waals surface area contributed by atoms with Crippen LogP contribution in [0.4, 0.5) is 11.4 Å². The van der Waals surface area contributed by atoms with Gasteiger partial charge in [0.25, 0.3) is 0 Å². The van der Waals surface area contributed by atoms with E-state index in [2.05, 4.69) is 148 Å². The van der Waals surface area contributed by atoms with Gasteiger partial charge in [0.15, 0.2) is 0 Å². The van der Waals surface area contributed by atoms with Crippen molar-refractivity contribution in [2.75, 3.05) is 9.80 Å². The zero-order valence-corrected chi connectivity index (χ0v) is 27.2. The molecule has 0 fully saturated rings. The number of fused-ring (bicyclic) bond motifs is 2. The molecule has 206 valence electrons. The summed E-state index contributed by atoms with van der Waals surface area (Å²) in [5.74, 6) is 0. The highest BCUT2D eigenvalue weighted by molar-refractivity contribution is 8.93. The molecular formula is C36H38Br2N2. The van der Waals surface area contributed by atoms with Crippen molar-refractivity contribution in [3.8, 4) is 11.1 Å². The van der Waals surface area contributed by atoms with Crippen molar-refractivity contribution in [1.82, 2.24) is 0 Å². The fourth-order valence-electron chi connectivity index (χ4n) is 6.08. The van der Waals surface area contributed by atoms with Gasteiger partial charge >= 0.3 is 0 Å². The maximum atomic E-state index is 4.45. The van der Waals surface area contributed by atoms with Gasteiger partial charge in [-0.25, -0.2) is 0 Å². The van der Waals surface area contributed by atoms with Crippen LogP contribution in [0.25, 0.3) is 11.1 Å². The zero-order valence-electron chi connectivity index (χ0n) is 23.8. The predicted octanol–water partition coefficient (Wildman–Crippen LogP) is 10.1. The second-order valence-electron chi connectivity index (χ2n) is 11.7. The van der Waals surface area contributed by atoms with Gasteiger partial charge in [-0.1, -0.05) is 126 Å². The molecule has 0 saturated heterocycles. The smallest absolute Gasteiger partial charge is 0.0478 e. The molecule has 0 saturated carbocycles. The SMILES string of the molecule is Br.Br.C=C1N(Cc2ccc(-c3ccc(CN4C(=C)C(C)(C)c5ccccc54)cc3)cc2)c2ccccc2C1(C)C. The number of para-hydroxylation sites is 2. The summed E-state index contributed by atoms with van der Waals surface area (Å²) in [5, 5.41) is 0. The van der Waals surface area contributed by atoms with Crippen LogP contribution in [0.1, 0.15) is 49.9 Å². The predicted molar refractivity (Wildman–Crippen MR) is 182 cm³/mol. The highest BCUT2D eigenvalue weighted by Crippen LogP contribution is 2.48. The largest absolute Gasteiger partial charge is 0.340 e. The molecule has 0 radical (unpaired) electrons. The van der Waals surface area contributed by atoms with Crippen LogP contribution in [0.15, 0.2) is 122 Å². The summed E-state index contributed by atoms with van der Waals surface area (Å²) in [6, 6.07) is 35.3. The van der Waals surface area contributed by atoms with E-state index in [1.54, 1.807) is 0 Å². The van der Waals surface area contributed by atoms with Crippen molar-refractivity contribution in [3.05, 3.63) is 144 Å². The molecule has 4 aromatic carbocycles. The van der Waals surface area contributed by atoms with Crippen molar-refractivity contribution in [3.63, 3.8) is 0 Å². The Kier molecular flexibility index (Phi) is 8.27. The molecule has 4 aromatic rings. The molecule has 2 heterocycles. The Bertz CT molecular complexity index is 1430. The lowest BCUT2D eigenvalue weighted by Crippen LogP contribution is -2.24. The molecule has 6 rings (SSSR count). The van der Waals surface area contributed by atoms with Crippen LogP contribution in [0.3, 0.4) is 0 Å². The number of allylic oxidation sites excluding steroid dienone is 2. The molecule has 0 N–H and O–H groups in total. The van der Waals surface area contributed by atoms with Gasteiger partial charge in [0.1, 0.15) is 0 Å². The fourth-order valence-corrected chi connectivity index (χ4v) is 6.08. The maximum absolute atomic E-state index is 4.45. The van der Waals surface area contributed by atoms with E-state index in [0.29, 0.717) is 0 Å². The maximum Gasteiger partial charge on any atom is 0.0478 e. The minimum atomic E-state index is -0.0441. The molecule has 0 aromatic heterocycles. The van der Waals surface area contributed by atoms with E-state index < -0.39 is 0 Å². The third kappa shape index (κ3) is 4.86. The molecule has 4 heteroatoms. The van der Waals surface area contributed by atoms with E-state index >= 15 is 0 Å². The van der Waals surface area contributed by atoms with Gasteiger partial charge in [0, 0.05) is 46.7 Å². The number of rotatable bonds is 5.